The Balaban J connectivity index is 2.08. The van der Waals surface area contributed by atoms with E-state index in [0.717, 1.165) is 17.6 Å². The fourth-order valence-electron chi connectivity index (χ4n) is 2.13. The van der Waals surface area contributed by atoms with Crippen molar-refractivity contribution < 1.29 is 16.8 Å². The molecule has 0 spiro atoms. The molecule has 0 radical (unpaired) electrons. The van der Waals surface area contributed by atoms with Crippen molar-refractivity contribution >= 4 is 37.1 Å². The Morgan fingerprint density at radius 1 is 1.04 bits per heavy atom. The van der Waals surface area contributed by atoms with Gasteiger partial charge in [-0.3, -0.25) is 4.31 Å². The van der Waals surface area contributed by atoms with Crippen molar-refractivity contribution in [2.45, 2.75) is 17.6 Å². The van der Waals surface area contributed by atoms with E-state index >= 15 is 0 Å². The lowest BCUT2D eigenvalue weighted by molar-refractivity contribution is 0.580. The van der Waals surface area contributed by atoms with E-state index in [9.17, 15) is 16.8 Å². The molecule has 0 saturated carbocycles. The molecule has 0 aliphatic rings. The number of hydrogen-bond acceptors (Lipinski definition) is 5. The van der Waals surface area contributed by atoms with E-state index in [1.54, 1.807) is 42.5 Å². The lowest BCUT2D eigenvalue weighted by Gasteiger charge is -2.22. The first kappa shape index (κ1) is 18.9. The number of thiophene rings is 1. The zero-order valence-corrected chi connectivity index (χ0v) is 15.9. The van der Waals surface area contributed by atoms with Gasteiger partial charge in [-0.2, -0.15) is 0 Å². The van der Waals surface area contributed by atoms with E-state index in [4.69, 9.17) is 0 Å². The molecule has 9 heteroatoms. The van der Waals surface area contributed by atoms with Crippen molar-refractivity contribution in [1.29, 1.82) is 0 Å². The highest BCUT2D eigenvalue weighted by Gasteiger charge is 2.20. The molecule has 0 saturated heterocycles. The molecule has 6 nitrogen and oxygen atoms in total. The number of rotatable bonds is 8. The summed E-state index contributed by atoms with van der Waals surface area (Å²) in [6.07, 6.45) is 1.87. The van der Waals surface area contributed by atoms with E-state index in [1.807, 2.05) is 6.92 Å². The average molecular weight is 389 g/mol. The van der Waals surface area contributed by atoms with Gasteiger partial charge >= 0.3 is 0 Å². The van der Waals surface area contributed by atoms with Gasteiger partial charge in [0.05, 0.1) is 11.9 Å². The Morgan fingerprint density at radius 3 is 2.25 bits per heavy atom. The van der Waals surface area contributed by atoms with Gasteiger partial charge in [0.1, 0.15) is 4.21 Å². The van der Waals surface area contributed by atoms with Gasteiger partial charge < -0.3 is 0 Å². The maximum absolute atomic E-state index is 12.3. The summed E-state index contributed by atoms with van der Waals surface area (Å²) >= 11 is 1.22. The Bertz CT molecular complexity index is 874. The van der Waals surface area contributed by atoms with Crippen LogP contribution in [0.2, 0.25) is 0 Å². The Kier molecular flexibility index (Phi) is 6.02. The summed E-state index contributed by atoms with van der Waals surface area (Å²) in [6.45, 7) is 1.97. The van der Waals surface area contributed by atoms with Crippen LogP contribution >= 0.6 is 11.3 Å². The number of anilines is 1. The highest BCUT2D eigenvalue weighted by Crippen LogP contribution is 2.22. The maximum Gasteiger partial charge on any atom is 0.250 e. The minimum absolute atomic E-state index is 0.0103. The highest BCUT2D eigenvalue weighted by molar-refractivity contribution is 7.92. The first-order valence-corrected chi connectivity index (χ1v) is 11.5. The molecule has 0 bridgehead atoms. The molecule has 24 heavy (non-hydrogen) atoms. The number of para-hydroxylation sites is 1. The van der Waals surface area contributed by atoms with E-state index in [-0.39, 0.29) is 17.3 Å². The van der Waals surface area contributed by atoms with Gasteiger partial charge in [0.15, 0.2) is 0 Å². The predicted octanol–water partition coefficient (Wildman–Crippen LogP) is 2.06. The Labute approximate surface area is 147 Å². The minimum Gasteiger partial charge on any atom is -0.269 e. The van der Waals surface area contributed by atoms with Gasteiger partial charge in [0.2, 0.25) is 20.0 Å². The van der Waals surface area contributed by atoms with Gasteiger partial charge in [0.25, 0.3) is 0 Å². The molecule has 0 amide bonds. The summed E-state index contributed by atoms with van der Waals surface area (Å²) in [4.78, 5) is 0.984. The van der Waals surface area contributed by atoms with E-state index in [0.29, 0.717) is 5.69 Å². The normalized spacial score (nSPS) is 12.2. The second-order valence-corrected chi connectivity index (χ2v) is 10.2. The molecule has 132 valence electrons. The van der Waals surface area contributed by atoms with Gasteiger partial charge in [-0.15, -0.1) is 11.3 Å². The molecular weight excluding hydrogens is 368 g/mol. The van der Waals surface area contributed by atoms with Crippen LogP contribution in [0.15, 0.2) is 46.7 Å². The summed E-state index contributed by atoms with van der Waals surface area (Å²) in [6, 6.07) is 11.9. The fraction of sp³-hybridized carbons (Fsp3) is 0.333. The minimum atomic E-state index is -3.63. The van der Waals surface area contributed by atoms with Gasteiger partial charge in [-0.05, 0) is 30.7 Å². The second kappa shape index (κ2) is 7.64. The highest BCUT2D eigenvalue weighted by atomic mass is 32.2. The molecule has 1 N–H and O–H groups in total. The van der Waals surface area contributed by atoms with Crippen molar-refractivity contribution in [3.05, 3.63) is 47.3 Å². The number of nitrogens with zero attached hydrogens (tertiary/aromatic N) is 1. The van der Waals surface area contributed by atoms with Crippen molar-refractivity contribution in [3.63, 3.8) is 0 Å². The fourth-order valence-corrected chi connectivity index (χ4v) is 5.41. The second-order valence-electron chi connectivity index (χ2n) is 5.14. The van der Waals surface area contributed by atoms with Crippen LogP contribution in [0.3, 0.4) is 0 Å². The monoisotopic (exact) mass is 388 g/mol. The van der Waals surface area contributed by atoms with Crippen molar-refractivity contribution in [3.8, 4) is 0 Å². The average Bonchev–Trinajstić information content (AvgIpc) is 3.01. The molecule has 2 aromatic rings. The predicted molar refractivity (Wildman–Crippen MR) is 97.5 cm³/mol. The van der Waals surface area contributed by atoms with Crippen molar-refractivity contribution in [1.82, 2.24) is 4.72 Å². The quantitative estimate of drug-likeness (QED) is 0.750. The maximum atomic E-state index is 12.3. The largest absolute Gasteiger partial charge is 0.269 e. The summed E-state index contributed by atoms with van der Waals surface area (Å²) < 4.78 is 52.3. The van der Waals surface area contributed by atoms with Crippen LogP contribution in [0.4, 0.5) is 5.69 Å². The first-order chi connectivity index (χ1) is 11.2. The molecule has 0 fully saturated rings. The zero-order chi connectivity index (χ0) is 17.8. The summed E-state index contributed by atoms with van der Waals surface area (Å²) in [5.41, 5.74) is 0.503. The van der Waals surface area contributed by atoms with Crippen LogP contribution in [0.5, 0.6) is 0 Å². The number of nitrogens with one attached hydrogen (secondary N) is 1. The lowest BCUT2D eigenvalue weighted by Crippen LogP contribution is -2.38. The number of benzene rings is 1. The van der Waals surface area contributed by atoms with E-state index in [1.165, 1.54) is 15.6 Å². The molecule has 1 heterocycles. The molecular formula is C15H20N2O4S3. The number of aryl methyl sites for hydroxylation is 1. The van der Waals surface area contributed by atoms with Gasteiger partial charge in [0, 0.05) is 18.0 Å². The van der Waals surface area contributed by atoms with Crippen molar-refractivity contribution in [2.75, 3.05) is 23.7 Å². The lowest BCUT2D eigenvalue weighted by atomic mass is 10.3. The standard InChI is InChI=1S/C15H20N2O4S3/c1-3-14-9-10-15(22-14)24(20,21)16-11-12-17(23(2,18)19)13-7-5-4-6-8-13/h4-10,16H,3,11-12H2,1-2H3. The van der Waals surface area contributed by atoms with Gasteiger partial charge in [-0.1, -0.05) is 25.1 Å². The summed E-state index contributed by atoms with van der Waals surface area (Å²) in [7, 11) is -7.12. The number of sulfonamides is 2. The van der Waals surface area contributed by atoms with Crippen LogP contribution in [-0.4, -0.2) is 36.2 Å². The molecule has 1 aromatic heterocycles. The molecule has 0 aliphatic heterocycles. The molecule has 0 aliphatic carbocycles. The third-order valence-electron chi connectivity index (χ3n) is 3.30. The molecule has 1 aromatic carbocycles. The summed E-state index contributed by atoms with van der Waals surface area (Å²) in [5, 5.41) is 0. The third kappa shape index (κ3) is 4.79. The zero-order valence-electron chi connectivity index (χ0n) is 13.5. The molecule has 0 atom stereocenters. The van der Waals surface area contributed by atoms with Crippen LogP contribution in [0, 0.1) is 0 Å². The van der Waals surface area contributed by atoms with Gasteiger partial charge in [-0.25, -0.2) is 21.6 Å². The third-order valence-corrected chi connectivity index (χ3v) is 7.68. The molecule has 0 unspecified atom stereocenters. The smallest absolute Gasteiger partial charge is 0.250 e. The van der Waals surface area contributed by atoms with Crippen LogP contribution in [-0.2, 0) is 26.5 Å². The summed E-state index contributed by atoms with van der Waals surface area (Å²) in [5.74, 6) is 0. The van der Waals surface area contributed by atoms with Crippen LogP contribution in [0.1, 0.15) is 11.8 Å². The van der Waals surface area contributed by atoms with E-state index < -0.39 is 20.0 Å². The number of hydrogen-bond donors (Lipinski definition) is 1. The topological polar surface area (TPSA) is 83.6 Å². The first-order valence-electron chi connectivity index (χ1n) is 7.35. The molecule has 2 rings (SSSR count). The van der Waals surface area contributed by atoms with Crippen LogP contribution in [0.25, 0.3) is 0 Å². The SMILES string of the molecule is CCc1ccc(S(=O)(=O)NCCN(c2ccccc2)S(C)(=O)=O)s1. The van der Waals surface area contributed by atoms with Crippen molar-refractivity contribution in [2.24, 2.45) is 0 Å². The Morgan fingerprint density at radius 2 is 1.71 bits per heavy atom. The Hall–Kier alpha value is -1.42. The van der Waals surface area contributed by atoms with E-state index in [2.05, 4.69) is 4.72 Å². The van der Waals surface area contributed by atoms with Crippen LogP contribution < -0.4 is 9.03 Å².